The largest absolute Gasteiger partial charge is 0.336 e. The Morgan fingerprint density at radius 3 is 2.53 bits per heavy atom. The Labute approximate surface area is 187 Å². The Morgan fingerprint density at radius 2 is 1.88 bits per heavy atom. The van der Waals surface area contributed by atoms with Gasteiger partial charge in [0.15, 0.2) is 0 Å². The van der Waals surface area contributed by atoms with Crippen LogP contribution in [0.25, 0.3) is 5.69 Å². The fourth-order valence-corrected chi connectivity index (χ4v) is 4.58. The van der Waals surface area contributed by atoms with Crippen LogP contribution in [0.1, 0.15) is 28.4 Å². The Hall–Kier alpha value is -3.48. The molecule has 8 nitrogen and oxygen atoms in total. The van der Waals surface area contributed by atoms with Crippen LogP contribution in [0.3, 0.4) is 0 Å². The van der Waals surface area contributed by atoms with Crippen molar-refractivity contribution in [2.45, 2.75) is 6.92 Å². The van der Waals surface area contributed by atoms with Crippen LogP contribution in [0.15, 0.2) is 61.2 Å². The van der Waals surface area contributed by atoms with Crippen molar-refractivity contribution in [2.75, 3.05) is 31.9 Å². The van der Waals surface area contributed by atoms with Gasteiger partial charge >= 0.3 is 0 Å². The van der Waals surface area contributed by atoms with E-state index in [2.05, 4.69) is 21.9 Å². The molecule has 3 heterocycles. The molecular formula is C23H23N5O3S. The van der Waals surface area contributed by atoms with Gasteiger partial charge < -0.3 is 4.90 Å². The van der Waals surface area contributed by atoms with E-state index in [1.165, 1.54) is 4.31 Å². The van der Waals surface area contributed by atoms with Crippen LogP contribution in [-0.4, -0.2) is 70.2 Å². The SMILES string of the molecule is CCS(=O)(=O)N1CCN(C(=O)c2ccc(-n3cccn3)c(C#Cc3cccnc3)c2)CC1. The molecular weight excluding hydrogens is 426 g/mol. The lowest BCUT2D eigenvalue weighted by Crippen LogP contribution is -2.50. The second kappa shape index (κ2) is 9.34. The quantitative estimate of drug-likeness (QED) is 0.567. The Balaban J connectivity index is 1.60. The number of amides is 1. The van der Waals surface area contributed by atoms with Crippen LogP contribution in [0, 0.1) is 11.8 Å². The number of rotatable bonds is 4. The molecule has 0 unspecified atom stereocenters. The van der Waals surface area contributed by atoms with Crippen LogP contribution in [-0.2, 0) is 10.0 Å². The maximum Gasteiger partial charge on any atom is 0.253 e. The second-order valence-corrected chi connectivity index (χ2v) is 9.52. The average Bonchev–Trinajstić information content (AvgIpc) is 3.37. The normalized spacial score (nSPS) is 14.6. The minimum absolute atomic E-state index is 0.0643. The van der Waals surface area contributed by atoms with Crippen molar-refractivity contribution in [1.82, 2.24) is 24.0 Å². The number of aromatic nitrogens is 3. The van der Waals surface area contributed by atoms with Crippen LogP contribution >= 0.6 is 0 Å². The first-order chi connectivity index (χ1) is 15.5. The molecule has 0 N–H and O–H groups in total. The van der Waals surface area contributed by atoms with Crippen LogP contribution in [0.2, 0.25) is 0 Å². The highest BCUT2D eigenvalue weighted by Crippen LogP contribution is 2.18. The van der Waals surface area contributed by atoms with E-state index in [4.69, 9.17) is 0 Å². The Bertz CT molecular complexity index is 1250. The van der Waals surface area contributed by atoms with Gasteiger partial charge in [0.25, 0.3) is 5.91 Å². The second-order valence-electron chi connectivity index (χ2n) is 7.27. The number of benzene rings is 1. The van der Waals surface area contributed by atoms with E-state index in [9.17, 15) is 13.2 Å². The number of piperazine rings is 1. The van der Waals surface area contributed by atoms with Gasteiger partial charge in [-0.15, -0.1) is 0 Å². The third-order valence-electron chi connectivity index (χ3n) is 5.28. The number of nitrogens with zero attached hydrogens (tertiary/aromatic N) is 5. The van der Waals surface area contributed by atoms with Gasteiger partial charge in [0.05, 0.1) is 17.0 Å². The molecule has 0 bridgehead atoms. The van der Waals surface area contributed by atoms with Crippen molar-refractivity contribution in [3.63, 3.8) is 0 Å². The lowest BCUT2D eigenvalue weighted by atomic mass is 10.1. The summed E-state index contributed by atoms with van der Waals surface area (Å²) >= 11 is 0. The summed E-state index contributed by atoms with van der Waals surface area (Å²) < 4.78 is 27.3. The summed E-state index contributed by atoms with van der Waals surface area (Å²) in [5.74, 6) is 6.15. The molecule has 0 atom stereocenters. The Kier molecular flexibility index (Phi) is 6.35. The van der Waals surface area contributed by atoms with Gasteiger partial charge in [0.2, 0.25) is 10.0 Å². The zero-order chi connectivity index (χ0) is 22.6. The summed E-state index contributed by atoms with van der Waals surface area (Å²) in [6.07, 6.45) is 6.87. The summed E-state index contributed by atoms with van der Waals surface area (Å²) in [6.45, 7) is 2.95. The molecule has 1 aromatic carbocycles. The minimum atomic E-state index is -3.24. The number of hydrogen-bond donors (Lipinski definition) is 0. The maximum atomic E-state index is 13.1. The van der Waals surface area contributed by atoms with E-state index < -0.39 is 10.0 Å². The molecule has 1 aliphatic heterocycles. The van der Waals surface area contributed by atoms with Crippen LogP contribution in [0.5, 0.6) is 0 Å². The average molecular weight is 450 g/mol. The van der Waals surface area contributed by atoms with Gasteiger partial charge in [-0.1, -0.05) is 11.8 Å². The molecule has 32 heavy (non-hydrogen) atoms. The predicted molar refractivity (Wildman–Crippen MR) is 121 cm³/mol. The summed E-state index contributed by atoms with van der Waals surface area (Å²) in [7, 11) is -3.24. The maximum absolute atomic E-state index is 13.1. The molecule has 0 spiro atoms. The highest BCUT2D eigenvalue weighted by molar-refractivity contribution is 7.89. The lowest BCUT2D eigenvalue weighted by Gasteiger charge is -2.33. The van der Waals surface area contributed by atoms with Crippen molar-refractivity contribution in [1.29, 1.82) is 0 Å². The third kappa shape index (κ3) is 4.72. The zero-order valence-electron chi connectivity index (χ0n) is 17.7. The van der Waals surface area contributed by atoms with Crippen molar-refractivity contribution in [3.8, 4) is 17.5 Å². The monoisotopic (exact) mass is 449 g/mol. The molecule has 3 aromatic rings. The van der Waals surface area contributed by atoms with E-state index in [1.807, 2.05) is 30.5 Å². The van der Waals surface area contributed by atoms with E-state index in [0.717, 1.165) is 11.3 Å². The van der Waals surface area contributed by atoms with Gasteiger partial charge in [-0.3, -0.25) is 9.78 Å². The van der Waals surface area contributed by atoms with Crippen LogP contribution < -0.4 is 0 Å². The minimum Gasteiger partial charge on any atom is -0.336 e. The predicted octanol–water partition coefficient (Wildman–Crippen LogP) is 1.77. The molecule has 164 valence electrons. The molecule has 0 radical (unpaired) electrons. The first kappa shape index (κ1) is 21.7. The number of sulfonamides is 1. The first-order valence-corrected chi connectivity index (χ1v) is 11.9. The smallest absolute Gasteiger partial charge is 0.253 e. The van der Waals surface area contributed by atoms with Gasteiger partial charge in [-0.05, 0) is 43.3 Å². The molecule has 1 saturated heterocycles. The number of carbonyl (C=O) groups excluding carboxylic acids is 1. The molecule has 4 rings (SSSR count). The van der Waals surface area contributed by atoms with Crippen molar-refractivity contribution >= 4 is 15.9 Å². The van der Waals surface area contributed by atoms with E-state index in [0.29, 0.717) is 37.3 Å². The highest BCUT2D eigenvalue weighted by atomic mass is 32.2. The molecule has 0 saturated carbocycles. The van der Waals surface area contributed by atoms with Crippen LogP contribution in [0.4, 0.5) is 0 Å². The summed E-state index contributed by atoms with van der Waals surface area (Å²) in [5.41, 5.74) is 2.70. The van der Waals surface area contributed by atoms with E-state index in [1.54, 1.807) is 47.2 Å². The molecule has 2 aromatic heterocycles. The van der Waals surface area contributed by atoms with Gasteiger partial charge in [-0.25, -0.2) is 13.1 Å². The first-order valence-electron chi connectivity index (χ1n) is 10.3. The van der Waals surface area contributed by atoms with Gasteiger partial charge in [0, 0.05) is 62.1 Å². The summed E-state index contributed by atoms with van der Waals surface area (Å²) in [5, 5.41) is 4.28. The number of pyridine rings is 1. The third-order valence-corrected chi connectivity index (χ3v) is 7.16. The lowest BCUT2D eigenvalue weighted by molar-refractivity contribution is 0.0698. The van der Waals surface area contributed by atoms with Gasteiger partial charge in [-0.2, -0.15) is 9.40 Å². The van der Waals surface area contributed by atoms with E-state index in [-0.39, 0.29) is 11.7 Å². The highest BCUT2D eigenvalue weighted by Gasteiger charge is 2.28. The van der Waals surface area contributed by atoms with Crippen molar-refractivity contribution in [3.05, 3.63) is 77.9 Å². The molecule has 0 aliphatic carbocycles. The fourth-order valence-electron chi connectivity index (χ4n) is 3.49. The van der Waals surface area contributed by atoms with Crippen molar-refractivity contribution in [2.24, 2.45) is 0 Å². The number of carbonyl (C=O) groups is 1. The van der Waals surface area contributed by atoms with Crippen molar-refractivity contribution < 1.29 is 13.2 Å². The molecule has 9 heteroatoms. The summed E-state index contributed by atoms with van der Waals surface area (Å²) in [6, 6.07) is 10.8. The molecule has 1 amide bonds. The molecule has 1 aliphatic rings. The Morgan fingerprint density at radius 1 is 1.06 bits per heavy atom. The standard InChI is InChI=1S/C23H23N5O3S/c1-2-32(30,31)27-15-13-26(14-16-27)23(29)21-8-9-22(28-12-4-11-25-28)20(17-21)7-6-19-5-3-10-24-18-19/h3-5,8-12,17-18H,2,13-16H2,1H3. The van der Waals surface area contributed by atoms with Gasteiger partial charge in [0.1, 0.15) is 0 Å². The topological polar surface area (TPSA) is 88.4 Å². The zero-order valence-corrected chi connectivity index (χ0v) is 18.5. The molecule has 1 fully saturated rings. The summed E-state index contributed by atoms with van der Waals surface area (Å²) in [4.78, 5) is 18.9. The fraction of sp³-hybridized carbons (Fsp3) is 0.261. The number of hydrogen-bond acceptors (Lipinski definition) is 5. The van der Waals surface area contributed by atoms with E-state index >= 15 is 0 Å².